The van der Waals surface area contributed by atoms with Crippen LogP contribution in [0.2, 0.25) is 0 Å². The van der Waals surface area contributed by atoms with Crippen LogP contribution < -0.4 is 0 Å². The average molecular weight is 286 g/mol. The third kappa shape index (κ3) is 6.08. The molecule has 1 N–H and O–H groups in total. The van der Waals surface area contributed by atoms with Crippen molar-refractivity contribution in [2.24, 2.45) is 0 Å². The second-order valence-electron chi connectivity index (χ2n) is 6.10. The molecule has 2 atom stereocenters. The molecule has 0 aromatic carbocycles. The van der Waals surface area contributed by atoms with E-state index in [0.29, 0.717) is 25.9 Å². The lowest BCUT2D eigenvalue weighted by Crippen LogP contribution is -2.40. The Morgan fingerprint density at radius 1 is 0.800 bits per heavy atom. The normalized spacial score (nSPS) is 31.1. The fraction of sp³-hybridized carbons (Fsp3) is 1.00. The highest BCUT2D eigenvalue weighted by molar-refractivity contribution is 4.69. The van der Waals surface area contributed by atoms with Gasteiger partial charge >= 0.3 is 0 Å². The van der Waals surface area contributed by atoms with E-state index in [0.717, 1.165) is 0 Å². The van der Waals surface area contributed by atoms with Crippen molar-refractivity contribution in [2.75, 3.05) is 26.4 Å². The average Bonchev–Trinajstić information content (AvgIpc) is 2.51. The molecule has 1 saturated carbocycles. The van der Waals surface area contributed by atoms with Crippen molar-refractivity contribution < 1.29 is 19.3 Å². The fourth-order valence-electron chi connectivity index (χ4n) is 2.97. The quantitative estimate of drug-likeness (QED) is 0.863. The minimum Gasteiger partial charge on any atom is -0.394 e. The molecule has 1 aliphatic carbocycles. The third-order valence-corrected chi connectivity index (χ3v) is 4.31. The van der Waals surface area contributed by atoms with Crippen LogP contribution in [0.25, 0.3) is 0 Å². The van der Waals surface area contributed by atoms with E-state index in [1.54, 1.807) is 0 Å². The minimum atomic E-state index is -0.153. The summed E-state index contributed by atoms with van der Waals surface area (Å²) in [6.07, 6.45) is 12.1. The van der Waals surface area contributed by atoms with E-state index in [1.165, 1.54) is 57.8 Å². The van der Waals surface area contributed by atoms with E-state index >= 15 is 0 Å². The zero-order chi connectivity index (χ0) is 14.0. The molecule has 2 aliphatic rings. The Bertz CT molecular complexity index is 229. The maximum Gasteiger partial charge on any atom is 0.104 e. The molecular weight excluding hydrogens is 256 g/mol. The van der Waals surface area contributed by atoms with E-state index in [4.69, 9.17) is 19.3 Å². The van der Waals surface area contributed by atoms with Crippen LogP contribution in [-0.2, 0) is 14.2 Å². The van der Waals surface area contributed by atoms with Crippen LogP contribution in [0.5, 0.6) is 0 Å². The number of aliphatic hydroxyl groups is 1. The van der Waals surface area contributed by atoms with Crippen LogP contribution in [-0.4, -0.2) is 49.8 Å². The van der Waals surface area contributed by atoms with Gasteiger partial charge in [-0.25, -0.2) is 0 Å². The number of hydrogen-bond acceptors (Lipinski definition) is 4. The number of hydrogen-bond donors (Lipinski definition) is 1. The van der Waals surface area contributed by atoms with Gasteiger partial charge in [0.2, 0.25) is 0 Å². The molecule has 118 valence electrons. The topological polar surface area (TPSA) is 47.9 Å². The molecule has 0 amide bonds. The van der Waals surface area contributed by atoms with Crippen molar-refractivity contribution in [3.63, 3.8) is 0 Å². The SMILES string of the molecule is OCC1COC(COC2CCCCCCCCC2)CO1. The van der Waals surface area contributed by atoms with Crippen LogP contribution in [0.3, 0.4) is 0 Å². The Hall–Kier alpha value is -0.160. The molecule has 0 bridgehead atoms. The minimum absolute atomic E-state index is 0.0354. The van der Waals surface area contributed by atoms with Crippen molar-refractivity contribution in [2.45, 2.75) is 76.1 Å². The molecule has 1 heterocycles. The molecule has 2 fully saturated rings. The van der Waals surface area contributed by atoms with Gasteiger partial charge in [-0.1, -0.05) is 44.9 Å². The van der Waals surface area contributed by atoms with Gasteiger partial charge in [0.1, 0.15) is 12.2 Å². The molecule has 0 aromatic heterocycles. The summed E-state index contributed by atoms with van der Waals surface area (Å²) in [7, 11) is 0. The highest BCUT2D eigenvalue weighted by Crippen LogP contribution is 2.19. The first-order valence-electron chi connectivity index (χ1n) is 8.34. The first-order valence-corrected chi connectivity index (χ1v) is 8.34. The van der Waals surface area contributed by atoms with Gasteiger partial charge in [-0.2, -0.15) is 0 Å². The van der Waals surface area contributed by atoms with Gasteiger partial charge in [-0.05, 0) is 12.8 Å². The van der Waals surface area contributed by atoms with Gasteiger partial charge in [-0.15, -0.1) is 0 Å². The second kappa shape index (κ2) is 9.72. The molecule has 20 heavy (non-hydrogen) atoms. The van der Waals surface area contributed by atoms with Gasteiger partial charge in [0.15, 0.2) is 0 Å². The zero-order valence-corrected chi connectivity index (χ0v) is 12.6. The smallest absolute Gasteiger partial charge is 0.104 e. The zero-order valence-electron chi connectivity index (χ0n) is 12.6. The largest absolute Gasteiger partial charge is 0.394 e. The van der Waals surface area contributed by atoms with Crippen LogP contribution in [0, 0.1) is 0 Å². The maximum absolute atomic E-state index is 8.98. The van der Waals surface area contributed by atoms with Crippen molar-refractivity contribution >= 4 is 0 Å². The summed E-state index contributed by atoms with van der Waals surface area (Å²) in [4.78, 5) is 0. The standard InChI is InChI=1S/C16H30O4/c17-10-15-11-20-16(13-19-15)12-18-14-8-6-4-2-1-3-5-7-9-14/h14-17H,1-13H2. The molecule has 4 heteroatoms. The second-order valence-corrected chi connectivity index (χ2v) is 6.10. The fourth-order valence-corrected chi connectivity index (χ4v) is 2.97. The summed E-state index contributed by atoms with van der Waals surface area (Å²) in [6, 6.07) is 0. The van der Waals surface area contributed by atoms with Gasteiger partial charge in [0.05, 0.1) is 32.5 Å². The molecule has 1 aliphatic heterocycles. The van der Waals surface area contributed by atoms with Crippen molar-refractivity contribution in [1.29, 1.82) is 0 Å². The Morgan fingerprint density at radius 2 is 1.35 bits per heavy atom. The molecule has 4 nitrogen and oxygen atoms in total. The Kier molecular flexibility index (Phi) is 7.88. The third-order valence-electron chi connectivity index (χ3n) is 4.31. The highest BCUT2D eigenvalue weighted by atomic mass is 16.6. The summed E-state index contributed by atoms with van der Waals surface area (Å²) in [5.74, 6) is 0. The predicted octanol–water partition coefficient (Wildman–Crippen LogP) is 2.67. The Morgan fingerprint density at radius 3 is 1.90 bits per heavy atom. The van der Waals surface area contributed by atoms with Crippen molar-refractivity contribution in [3.8, 4) is 0 Å². The van der Waals surface area contributed by atoms with Crippen molar-refractivity contribution in [1.82, 2.24) is 0 Å². The first-order chi connectivity index (χ1) is 9.88. The summed E-state index contributed by atoms with van der Waals surface area (Å²) in [5, 5.41) is 8.98. The number of aliphatic hydroxyl groups excluding tert-OH is 1. The maximum atomic E-state index is 8.98. The molecule has 2 unspecified atom stereocenters. The Balaban J connectivity index is 1.63. The molecule has 2 rings (SSSR count). The summed E-state index contributed by atoms with van der Waals surface area (Å²) in [5.41, 5.74) is 0. The van der Waals surface area contributed by atoms with E-state index in [2.05, 4.69) is 0 Å². The molecule has 0 aromatic rings. The summed E-state index contributed by atoms with van der Waals surface area (Å²) < 4.78 is 17.2. The van der Waals surface area contributed by atoms with Crippen LogP contribution in [0.4, 0.5) is 0 Å². The molecular formula is C16H30O4. The van der Waals surface area contributed by atoms with Crippen LogP contribution >= 0.6 is 0 Å². The molecule has 0 spiro atoms. The molecule has 1 saturated heterocycles. The van der Waals surface area contributed by atoms with E-state index < -0.39 is 0 Å². The summed E-state index contributed by atoms with van der Waals surface area (Å²) in [6.45, 7) is 1.69. The highest BCUT2D eigenvalue weighted by Gasteiger charge is 2.23. The van der Waals surface area contributed by atoms with E-state index in [-0.39, 0.29) is 18.8 Å². The van der Waals surface area contributed by atoms with E-state index in [9.17, 15) is 0 Å². The van der Waals surface area contributed by atoms with Gasteiger partial charge in [-0.3, -0.25) is 0 Å². The summed E-state index contributed by atoms with van der Waals surface area (Å²) >= 11 is 0. The van der Waals surface area contributed by atoms with Crippen molar-refractivity contribution in [3.05, 3.63) is 0 Å². The number of ether oxygens (including phenoxy) is 3. The lowest BCUT2D eigenvalue weighted by Gasteiger charge is -2.29. The van der Waals surface area contributed by atoms with Gasteiger partial charge in [0, 0.05) is 0 Å². The monoisotopic (exact) mass is 286 g/mol. The number of rotatable bonds is 4. The van der Waals surface area contributed by atoms with Crippen LogP contribution in [0.1, 0.15) is 57.8 Å². The predicted molar refractivity (Wildman–Crippen MR) is 77.9 cm³/mol. The lowest BCUT2D eigenvalue weighted by molar-refractivity contribution is -0.167. The van der Waals surface area contributed by atoms with Gasteiger partial charge < -0.3 is 19.3 Å². The van der Waals surface area contributed by atoms with Gasteiger partial charge in [0.25, 0.3) is 0 Å². The Labute approximate surface area is 122 Å². The molecule has 0 radical (unpaired) electrons. The van der Waals surface area contributed by atoms with Crippen LogP contribution in [0.15, 0.2) is 0 Å². The van der Waals surface area contributed by atoms with E-state index in [1.807, 2.05) is 0 Å². The lowest BCUT2D eigenvalue weighted by atomic mass is 9.99. The first kappa shape index (κ1) is 16.2.